The van der Waals surface area contributed by atoms with Crippen molar-refractivity contribution in [1.82, 2.24) is 4.90 Å². The van der Waals surface area contributed by atoms with E-state index in [1.54, 1.807) is 30.3 Å². The van der Waals surface area contributed by atoms with Gasteiger partial charge in [-0.1, -0.05) is 30.3 Å². The highest BCUT2D eigenvalue weighted by molar-refractivity contribution is 7.87. The third kappa shape index (κ3) is 3.56. The Morgan fingerprint density at radius 3 is 2.50 bits per heavy atom. The van der Waals surface area contributed by atoms with Gasteiger partial charge in [-0.05, 0) is 12.0 Å². The standard InChI is InChI=1S/C16H15F3N2O6S/c17-16(18,19)28(24,25)27-11-7-6-10-12(20)14(22)21(10)13(11)15(23)26-8-9-4-2-1-3-5-9/h1-5,10,12H,6-8,20H2/t10-,12?/m1/s1. The molecule has 8 nitrogen and oxygen atoms in total. The molecule has 0 aromatic heterocycles. The average molecular weight is 420 g/mol. The molecule has 0 saturated carbocycles. The Labute approximate surface area is 157 Å². The third-order valence-corrected chi connectivity index (χ3v) is 5.33. The van der Waals surface area contributed by atoms with Crippen LogP contribution < -0.4 is 5.73 Å². The van der Waals surface area contributed by atoms with E-state index in [1.165, 1.54) is 0 Å². The topological polar surface area (TPSA) is 116 Å². The SMILES string of the molecule is NC1C(=O)N2C(C(=O)OCc3ccccc3)=C(OS(=O)(=O)C(F)(F)F)CC[C@H]12. The highest BCUT2D eigenvalue weighted by atomic mass is 32.2. The van der Waals surface area contributed by atoms with Crippen molar-refractivity contribution in [3.05, 3.63) is 47.4 Å². The number of allylic oxidation sites excluding steroid dienone is 1. The van der Waals surface area contributed by atoms with E-state index < -0.39 is 51.0 Å². The predicted molar refractivity (Wildman–Crippen MR) is 87.2 cm³/mol. The van der Waals surface area contributed by atoms with E-state index in [4.69, 9.17) is 10.5 Å². The number of hydrogen-bond acceptors (Lipinski definition) is 7. The Morgan fingerprint density at radius 2 is 1.89 bits per heavy atom. The van der Waals surface area contributed by atoms with E-state index in [-0.39, 0.29) is 19.4 Å². The first kappa shape index (κ1) is 20.1. The molecule has 1 amide bonds. The quantitative estimate of drug-likeness (QED) is 0.329. The summed E-state index contributed by atoms with van der Waals surface area (Å²) in [7, 11) is -6.01. The summed E-state index contributed by atoms with van der Waals surface area (Å²) in [6.45, 7) is -0.235. The fourth-order valence-corrected chi connectivity index (χ4v) is 3.47. The maximum absolute atomic E-state index is 12.7. The summed E-state index contributed by atoms with van der Waals surface area (Å²) < 4.78 is 69.9. The van der Waals surface area contributed by atoms with Crippen LogP contribution in [0.25, 0.3) is 0 Å². The second-order valence-electron chi connectivity index (χ2n) is 6.16. The summed E-state index contributed by atoms with van der Waals surface area (Å²) >= 11 is 0. The molecule has 1 unspecified atom stereocenters. The van der Waals surface area contributed by atoms with Gasteiger partial charge in [-0.3, -0.25) is 9.69 Å². The number of carbonyl (C=O) groups is 2. The van der Waals surface area contributed by atoms with Gasteiger partial charge >= 0.3 is 21.6 Å². The second-order valence-corrected chi connectivity index (χ2v) is 7.69. The summed E-state index contributed by atoms with van der Waals surface area (Å²) in [6.07, 6.45) is -0.279. The number of ether oxygens (including phenoxy) is 1. The largest absolute Gasteiger partial charge is 0.534 e. The van der Waals surface area contributed by atoms with Crippen LogP contribution in [0, 0.1) is 0 Å². The molecule has 0 aliphatic carbocycles. The number of hydrogen-bond donors (Lipinski definition) is 1. The molecule has 2 N–H and O–H groups in total. The van der Waals surface area contributed by atoms with Crippen LogP contribution in [0.1, 0.15) is 18.4 Å². The van der Waals surface area contributed by atoms with Crippen molar-refractivity contribution >= 4 is 22.0 Å². The van der Waals surface area contributed by atoms with Crippen molar-refractivity contribution in [2.45, 2.75) is 37.0 Å². The lowest BCUT2D eigenvalue weighted by Gasteiger charge is -2.48. The van der Waals surface area contributed by atoms with E-state index in [1.807, 2.05) is 0 Å². The predicted octanol–water partition coefficient (Wildman–Crippen LogP) is 1.14. The number of carbonyl (C=O) groups excluding carboxylic acids is 2. The smallest absolute Gasteiger partial charge is 0.456 e. The van der Waals surface area contributed by atoms with Crippen LogP contribution in [-0.2, 0) is 35.2 Å². The highest BCUT2D eigenvalue weighted by Crippen LogP contribution is 2.39. The molecule has 2 aliphatic rings. The Morgan fingerprint density at radius 1 is 1.25 bits per heavy atom. The van der Waals surface area contributed by atoms with Gasteiger partial charge in [0.05, 0.1) is 6.04 Å². The number of rotatable bonds is 5. The molecule has 1 saturated heterocycles. The van der Waals surface area contributed by atoms with E-state index in [2.05, 4.69) is 4.18 Å². The summed E-state index contributed by atoms with van der Waals surface area (Å²) in [5, 5.41) is 0. The molecule has 152 valence electrons. The second kappa shape index (κ2) is 7.09. The van der Waals surface area contributed by atoms with Gasteiger partial charge in [0, 0.05) is 6.42 Å². The number of halogens is 3. The lowest BCUT2D eigenvalue weighted by molar-refractivity contribution is -0.156. The fraction of sp³-hybridized carbons (Fsp3) is 0.375. The minimum atomic E-state index is -6.01. The van der Waals surface area contributed by atoms with Crippen LogP contribution in [0.4, 0.5) is 13.2 Å². The van der Waals surface area contributed by atoms with Crippen molar-refractivity contribution in [1.29, 1.82) is 0 Å². The summed E-state index contributed by atoms with van der Waals surface area (Å²) in [5.74, 6) is -2.71. The van der Waals surface area contributed by atoms with Crippen LogP contribution in [0.15, 0.2) is 41.8 Å². The number of fused-ring (bicyclic) bond motifs is 1. The molecule has 2 heterocycles. The number of β-lactam (4-membered cyclic amide) rings is 1. The Balaban J connectivity index is 1.90. The average Bonchev–Trinajstić information content (AvgIpc) is 2.64. The van der Waals surface area contributed by atoms with Gasteiger partial charge in [0.1, 0.15) is 12.6 Å². The molecule has 2 aliphatic heterocycles. The van der Waals surface area contributed by atoms with E-state index in [0.29, 0.717) is 5.56 Å². The zero-order valence-corrected chi connectivity index (χ0v) is 15.0. The van der Waals surface area contributed by atoms with E-state index in [9.17, 15) is 31.2 Å². The molecular formula is C16H15F3N2O6S. The molecule has 2 atom stereocenters. The van der Waals surface area contributed by atoms with Crippen LogP contribution in [0.3, 0.4) is 0 Å². The zero-order valence-electron chi connectivity index (χ0n) is 14.2. The molecule has 1 aromatic carbocycles. The number of amides is 1. The monoisotopic (exact) mass is 420 g/mol. The lowest BCUT2D eigenvalue weighted by atomic mass is 9.86. The maximum atomic E-state index is 12.7. The Kier molecular flexibility index (Phi) is 5.10. The van der Waals surface area contributed by atoms with Crippen molar-refractivity contribution in [2.75, 3.05) is 0 Å². The van der Waals surface area contributed by atoms with Gasteiger partial charge in [-0.25, -0.2) is 4.79 Å². The molecule has 0 radical (unpaired) electrons. The van der Waals surface area contributed by atoms with Gasteiger partial charge in [-0.15, -0.1) is 0 Å². The van der Waals surface area contributed by atoms with Crippen molar-refractivity contribution in [2.24, 2.45) is 5.73 Å². The highest BCUT2D eigenvalue weighted by Gasteiger charge is 2.54. The number of nitrogens with two attached hydrogens (primary N) is 1. The van der Waals surface area contributed by atoms with Crippen LogP contribution in [-0.4, -0.2) is 42.8 Å². The minimum absolute atomic E-state index is 0.0467. The lowest BCUT2D eigenvalue weighted by Crippen LogP contribution is -2.69. The summed E-state index contributed by atoms with van der Waals surface area (Å²) in [4.78, 5) is 25.3. The fourth-order valence-electron chi connectivity index (χ4n) is 2.95. The van der Waals surface area contributed by atoms with Crippen LogP contribution >= 0.6 is 0 Å². The molecule has 0 bridgehead atoms. The summed E-state index contributed by atoms with van der Waals surface area (Å²) in [6, 6.07) is 6.80. The van der Waals surface area contributed by atoms with Gasteiger partial charge in [-0.2, -0.15) is 21.6 Å². The van der Waals surface area contributed by atoms with Gasteiger partial charge in [0.2, 0.25) is 5.91 Å². The van der Waals surface area contributed by atoms with Crippen LogP contribution in [0.2, 0.25) is 0 Å². The molecule has 12 heteroatoms. The Bertz CT molecular complexity index is 929. The van der Waals surface area contributed by atoms with Gasteiger partial charge in [0.15, 0.2) is 11.5 Å². The molecule has 28 heavy (non-hydrogen) atoms. The molecule has 0 spiro atoms. The molecule has 1 fully saturated rings. The molecule has 1 aromatic rings. The normalized spacial score (nSPS) is 22.4. The zero-order chi connectivity index (χ0) is 20.7. The first-order chi connectivity index (χ1) is 13.0. The number of alkyl halides is 3. The first-order valence-electron chi connectivity index (χ1n) is 8.06. The van der Waals surface area contributed by atoms with Crippen molar-refractivity contribution in [3.63, 3.8) is 0 Å². The maximum Gasteiger partial charge on any atom is 0.534 e. The molecule has 3 rings (SSSR count). The minimum Gasteiger partial charge on any atom is -0.456 e. The van der Waals surface area contributed by atoms with E-state index >= 15 is 0 Å². The van der Waals surface area contributed by atoms with Crippen molar-refractivity contribution < 1.29 is 40.1 Å². The van der Waals surface area contributed by atoms with Crippen LogP contribution in [0.5, 0.6) is 0 Å². The number of benzene rings is 1. The first-order valence-corrected chi connectivity index (χ1v) is 9.47. The molecular weight excluding hydrogens is 405 g/mol. The Hall–Kier alpha value is -2.60. The number of nitrogens with zero attached hydrogens (tertiary/aromatic N) is 1. The van der Waals surface area contributed by atoms with Crippen molar-refractivity contribution in [3.8, 4) is 0 Å². The summed E-state index contributed by atoms with van der Waals surface area (Å²) in [5.41, 5.74) is -0.138. The van der Waals surface area contributed by atoms with Gasteiger partial charge in [0.25, 0.3) is 0 Å². The van der Waals surface area contributed by atoms with Gasteiger partial charge < -0.3 is 14.7 Å². The third-order valence-electron chi connectivity index (χ3n) is 4.34. The number of esters is 1. The van der Waals surface area contributed by atoms with E-state index in [0.717, 1.165) is 4.90 Å².